The zero-order valence-electron chi connectivity index (χ0n) is 10.7. The molecule has 102 valence electrons. The van der Waals surface area contributed by atoms with Gasteiger partial charge in [-0.2, -0.15) is 0 Å². The third kappa shape index (κ3) is 2.38. The van der Waals surface area contributed by atoms with E-state index >= 15 is 0 Å². The van der Waals surface area contributed by atoms with Crippen molar-refractivity contribution in [1.82, 2.24) is 0 Å². The molecule has 0 radical (unpaired) electrons. The minimum absolute atomic E-state index is 0. The van der Waals surface area contributed by atoms with Crippen molar-refractivity contribution in [3.63, 3.8) is 0 Å². The van der Waals surface area contributed by atoms with Crippen LogP contribution >= 0.6 is 12.4 Å². The highest BCUT2D eigenvalue weighted by molar-refractivity contribution is 5.99. The van der Waals surface area contributed by atoms with Crippen LogP contribution in [0.25, 0.3) is 0 Å². The molecule has 1 aliphatic heterocycles. The molecule has 0 N–H and O–H groups in total. The van der Waals surface area contributed by atoms with Gasteiger partial charge in [0, 0.05) is 11.8 Å². The Morgan fingerprint density at radius 2 is 1.85 bits per heavy atom. The van der Waals surface area contributed by atoms with E-state index in [4.69, 9.17) is 9.47 Å². The Hall–Kier alpha value is -2.33. The average molecular weight is 290 g/mol. The number of hydrogen-bond acceptors (Lipinski definition) is 4. The number of nitrogens with zero attached hydrogens (tertiary/aromatic N) is 1. The molecule has 0 saturated heterocycles. The maximum atomic E-state index is 11.7. The Labute approximate surface area is 122 Å². The number of fused-ring (bicyclic) bond motifs is 2. The molecule has 0 unspecified atom stereocenters. The molecule has 5 heteroatoms. The molecule has 3 rings (SSSR count). The fourth-order valence-corrected chi connectivity index (χ4v) is 1.95. The monoisotopic (exact) mass is 289 g/mol. The number of carbonyl (C=O) groups is 1. The summed E-state index contributed by atoms with van der Waals surface area (Å²) in [6.07, 6.45) is 1.69. The highest BCUT2D eigenvalue weighted by atomic mass is 35.5. The van der Waals surface area contributed by atoms with E-state index in [9.17, 15) is 4.79 Å². The minimum Gasteiger partial charge on any atom is -0.465 e. The topological polar surface area (TPSA) is 47.9 Å². The van der Waals surface area contributed by atoms with Gasteiger partial charge in [0.2, 0.25) is 0 Å². The van der Waals surface area contributed by atoms with Crippen molar-refractivity contribution in [2.75, 3.05) is 7.11 Å². The lowest BCUT2D eigenvalue weighted by atomic mass is 10.1. The normalized spacial score (nSPS) is 11.2. The highest BCUT2D eigenvalue weighted by Crippen LogP contribution is 2.38. The van der Waals surface area contributed by atoms with Crippen LogP contribution in [0.15, 0.2) is 47.5 Å². The zero-order chi connectivity index (χ0) is 13.2. The van der Waals surface area contributed by atoms with E-state index in [1.807, 2.05) is 24.3 Å². The van der Waals surface area contributed by atoms with Gasteiger partial charge in [-0.15, -0.1) is 12.4 Å². The third-order valence-electron chi connectivity index (χ3n) is 2.88. The van der Waals surface area contributed by atoms with Gasteiger partial charge in [-0.05, 0) is 24.3 Å². The van der Waals surface area contributed by atoms with Crippen LogP contribution in [0.3, 0.4) is 0 Å². The molecule has 2 aromatic carbocycles. The molecule has 0 aliphatic carbocycles. The van der Waals surface area contributed by atoms with Crippen molar-refractivity contribution in [3.05, 3.63) is 53.6 Å². The largest absolute Gasteiger partial charge is 0.465 e. The second-order valence-electron chi connectivity index (χ2n) is 4.04. The molecule has 0 saturated carbocycles. The molecule has 4 nitrogen and oxygen atoms in total. The lowest BCUT2D eigenvalue weighted by Gasteiger charge is -2.09. The molecule has 0 atom stereocenters. The van der Waals surface area contributed by atoms with Gasteiger partial charge in [0.15, 0.2) is 5.75 Å². The quantitative estimate of drug-likeness (QED) is 0.641. The van der Waals surface area contributed by atoms with E-state index in [0.717, 1.165) is 5.56 Å². The molecular formula is C15H12ClNO3. The van der Waals surface area contributed by atoms with Crippen molar-refractivity contribution in [3.8, 4) is 11.5 Å². The number of aliphatic imine (C=N–C) groups is 1. The van der Waals surface area contributed by atoms with E-state index < -0.39 is 5.97 Å². The third-order valence-corrected chi connectivity index (χ3v) is 2.88. The fraction of sp³-hybridized carbons (Fsp3) is 0.0667. The predicted molar refractivity (Wildman–Crippen MR) is 78.8 cm³/mol. The van der Waals surface area contributed by atoms with Gasteiger partial charge < -0.3 is 9.47 Å². The van der Waals surface area contributed by atoms with E-state index in [1.165, 1.54) is 7.11 Å². The number of ether oxygens (including phenoxy) is 2. The van der Waals surface area contributed by atoms with Crippen molar-refractivity contribution in [1.29, 1.82) is 0 Å². The van der Waals surface area contributed by atoms with Crippen LogP contribution in [0.2, 0.25) is 0 Å². The van der Waals surface area contributed by atoms with Gasteiger partial charge >= 0.3 is 5.97 Å². The number of para-hydroxylation sites is 2. The van der Waals surface area contributed by atoms with Gasteiger partial charge in [0.05, 0.1) is 12.7 Å². The second-order valence-corrected chi connectivity index (χ2v) is 4.04. The number of methoxy groups -OCH3 is 1. The summed E-state index contributed by atoms with van der Waals surface area (Å²) in [5.41, 5.74) is 1.75. The molecule has 0 aromatic heterocycles. The molecule has 2 aromatic rings. The lowest BCUT2D eigenvalue weighted by Crippen LogP contribution is -2.01. The predicted octanol–water partition coefficient (Wildman–Crippen LogP) is 3.75. The number of benzene rings is 2. The summed E-state index contributed by atoms with van der Waals surface area (Å²) < 4.78 is 10.6. The zero-order valence-corrected chi connectivity index (χ0v) is 11.5. The maximum absolute atomic E-state index is 11.7. The Kier molecular flexibility index (Phi) is 4.05. The molecule has 0 spiro atoms. The first-order valence-corrected chi connectivity index (χ1v) is 5.82. The Balaban J connectivity index is 0.00000147. The van der Waals surface area contributed by atoms with Gasteiger partial charge in [-0.25, -0.2) is 4.79 Å². The van der Waals surface area contributed by atoms with E-state index in [1.54, 1.807) is 24.4 Å². The van der Waals surface area contributed by atoms with Crippen molar-refractivity contribution in [2.24, 2.45) is 4.99 Å². The smallest absolute Gasteiger partial charge is 0.340 e. The van der Waals surface area contributed by atoms with Gasteiger partial charge in [0.25, 0.3) is 0 Å². The minimum atomic E-state index is -0.427. The number of hydrogen-bond donors (Lipinski definition) is 0. The van der Waals surface area contributed by atoms with E-state index in [0.29, 0.717) is 22.7 Å². The Bertz CT molecular complexity index is 683. The van der Waals surface area contributed by atoms with E-state index in [-0.39, 0.29) is 12.4 Å². The molecule has 1 heterocycles. The lowest BCUT2D eigenvalue weighted by molar-refractivity contribution is 0.0601. The van der Waals surface area contributed by atoms with Crippen molar-refractivity contribution in [2.45, 2.75) is 0 Å². The summed E-state index contributed by atoms with van der Waals surface area (Å²) in [6, 6.07) is 12.8. The molecular weight excluding hydrogens is 278 g/mol. The number of halogens is 1. The van der Waals surface area contributed by atoms with Gasteiger partial charge in [0.1, 0.15) is 11.4 Å². The maximum Gasteiger partial charge on any atom is 0.340 e. The first-order chi connectivity index (χ1) is 9.29. The summed E-state index contributed by atoms with van der Waals surface area (Å²) in [6.45, 7) is 0. The Morgan fingerprint density at radius 1 is 1.10 bits per heavy atom. The van der Waals surface area contributed by atoms with Gasteiger partial charge in [-0.1, -0.05) is 18.2 Å². The SMILES string of the molecule is COC(=O)c1cccc2c1N=Cc1ccccc1O2.Cl. The van der Waals surface area contributed by atoms with Crippen LogP contribution < -0.4 is 4.74 Å². The van der Waals surface area contributed by atoms with Crippen molar-refractivity contribution < 1.29 is 14.3 Å². The van der Waals surface area contributed by atoms with Crippen LogP contribution in [-0.4, -0.2) is 19.3 Å². The van der Waals surface area contributed by atoms with Crippen LogP contribution in [0.5, 0.6) is 11.5 Å². The number of carbonyl (C=O) groups excluding carboxylic acids is 1. The summed E-state index contributed by atoms with van der Waals surface area (Å²) in [7, 11) is 1.34. The molecule has 0 amide bonds. The van der Waals surface area contributed by atoms with Crippen molar-refractivity contribution >= 4 is 30.3 Å². The molecule has 0 fully saturated rings. The fourth-order valence-electron chi connectivity index (χ4n) is 1.95. The molecule has 20 heavy (non-hydrogen) atoms. The second kappa shape index (κ2) is 5.75. The highest BCUT2D eigenvalue weighted by Gasteiger charge is 2.18. The first kappa shape index (κ1) is 14.1. The van der Waals surface area contributed by atoms with Crippen LogP contribution in [0.4, 0.5) is 5.69 Å². The standard InChI is InChI=1S/C15H11NO3.ClH/c1-18-15(17)11-6-4-8-13-14(11)16-9-10-5-2-3-7-12(10)19-13;/h2-9H,1H3;1H. The summed E-state index contributed by atoms with van der Waals surface area (Å²) in [5, 5.41) is 0. The van der Waals surface area contributed by atoms with E-state index in [2.05, 4.69) is 4.99 Å². The summed E-state index contributed by atoms with van der Waals surface area (Å²) in [5.74, 6) is 0.833. The van der Waals surface area contributed by atoms with Crippen LogP contribution in [0, 0.1) is 0 Å². The van der Waals surface area contributed by atoms with Gasteiger partial charge in [-0.3, -0.25) is 4.99 Å². The molecule has 0 bridgehead atoms. The van der Waals surface area contributed by atoms with Crippen LogP contribution in [0.1, 0.15) is 15.9 Å². The number of rotatable bonds is 1. The first-order valence-electron chi connectivity index (χ1n) is 5.82. The summed E-state index contributed by atoms with van der Waals surface area (Å²) in [4.78, 5) is 16.1. The Morgan fingerprint density at radius 3 is 2.65 bits per heavy atom. The van der Waals surface area contributed by atoms with Crippen LogP contribution in [-0.2, 0) is 4.74 Å². The number of esters is 1. The molecule has 1 aliphatic rings. The summed E-state index contributed by atoms with van der Waals surface area (Å²) >= 11 is 0. The average Bonchev–Trinajstić information content (AvgIpc) is 2.65.